The van der Waals surface area contributed by atoms with E-state index in [0.29, 0.717) is 9.88 Å². The fourth-order valence-corrected chi connectivity index (χ4v) is 4.01. The number of hydrogen-bond acceptors (Lipinski definition) is 4. The lowest BCUT2D eigenvalue weighted by molar-refractivity contribution is 0.0323. The summed E-state index contributed by atoms with van der Waals surface area (Å²) in [7, 11) is 0. The number of rotatable bonds is 4. The normalized spacial score (nSPS) is 14.5. The van der Waals surface area contributed by atoms with Gasteiger partial charge in [0.2, 0.25) is 0 Å². The van der Waals surface area contributed by atoms with Crippen LogP contribution in [0.2, 0.25) is 5.02 Å². The van der Waals surface area contributed by atoms with Crippen LogP contribution in [0, 0.1) is 12.7 Å². The number of esters is 1. The lowest BCUT2D eigenvalue weighted by atomic mass is 10.2. The molecule has 132 valence electrons. The highest BCUT2D eigenvalue weighted by Gasteiger charge is 2.23. The summed E-state index contributed by atoms with van der Waals surface area (Å²) < 4.78 is 18.6. The summed E-state index contributed by atoms with van der Waals surface area (Å²) in [6.45, 7) is 1.79. The fraction of sp³-hybridized carbons (Fsp3) is 0.333. The highest BCUT2D eigenvalue weighted by Crippen LogP contribution is 2.30. The molecule has 1 fully saturated rings. The Morgan fingerprint density at radius 1 is 1.28 bits per heavy atom. The van der Waals surface area contributed by atoms with Gasteiger partial charge in [0, 0.05) is 0 Å². The summed E-state index contributed by atoms with van der Waals surface area (Å²) in [5.41, 5.74) is 0.915. The minimum absolute atomic E-state index is 0.00920. The van der Waals surface area contributed by atoms with Crippen LogP contribution in [0.3, 0.4) is 0 Å². The van der Waals surface area contributed by atoms with Gasteiger partial charge < -0.3 is 10.1 Å². The molecule has 1 N–H and O–H groups in total. The highest BCUT2D eigenvalue weighted by molar-refractivity contribution is 7.18. The molecule has 1 aromatic heterocycles. The number of ether oxygens (including phenoxy) is 1. The van der Waals surface area contributed by atoms with E-state index < -0.39 is 11.7 Å². The summed E-state index contributed by atoms with van der Waals surface area (Å²) in [4.78, 5) is 25.1. The van der Waals surface area contributed by atoms with E-state index in [4.69, 9.17) is 16.3 Å². The first-order chi connectivity index (χ1) is 11.9. The van der Waals surface area contributed by atoms with Crippen molar-refractivity contribution in [3.8, 4) is 0 Å². The zero-order valence-corrected chi connectivity index (χ0v) is 15.2. The van der Waals surface area contributed by atoms with E-state index in [9.17, 15) is 14.0 Å². The van der Waals surface area contributed by atoms with Crippen molar-refractivity contribution in [1.29, 1.82) is 0 Å². The summed E-state index contributed by atoms with van der Waals surface area (Å²) in [6, 6.07) is 5.29. The van der Waals surface area contributed by atoms with E-state index in [1.165, 1.54) is 12.1 Å². The van der Waals surface area contributed by atoms with Crippen molar-refractivity contribution in [3.63, 3.8) is 0 Å². The van der Waals surface area contributed by atoms with E-state index in [2.05, 4.69) is 5.32 Å². The molecule has 25 heavy (non-hydrogen) atoms. The van der Waals surface area contributed by atoms with Gasteiger partial charge in [-0.15, -0.1) is 11.3 Å². The van der Waals surface area contributed by atoms with Gasteiger partial charge in [0.05, 0.1) is 15.6 Å². The third-order valence-corrected chi connectivity index (χ3v) is 5.54. The number of hydrogen-bond donors (Lipinski definition) is 1. The molecule has 0 atom stereocenters. The monoisotopic (exact) mass is 381 g/mol. The van der Waals surface area contributed by atoms with Crippen LogP contribution in [0.4, 0.5) is 9.39 Å². The highest BCUT2D eigenvalue weighted by atomic mass is 35.5. The van der Waals surface area contributed by atoms with Crippen molar-refractivity contribution in [2.45, 2.75) is 38.7 Å². The first-order valence-electron chi connectivity index (χ1n) is 8.02. The minimum atomic E-state index is -0.509. The number of halogens is 2. The van der Waals surface area contributed by atoms with Crippen molar-refractivity contribution in [3.05, 3.63) is 51.1 Å². The van der Waals surface area contributed by atoms with E-state index in [0.717, 1.165) is 48.6 Å². The Kier molecular flexibility index (Phi) is 5.39. The lowest BCUT2D eigenvalue weighted by Gasteiger charge is -2.10. The summed E-state index contributed by atoms with van der Waals surface area (Å²) in [5, 5.41) is 3.24. The Morgan fingerprint density at radius 2 is 2.00 bits per heavy atom. The average Bonchev–Trinajstić information content (AvgIpc) is 3.16. The fourth-order valence-electron chi connectivity index (χ4n) is 2.81. The molecule has 1 aliphatic carbocycles. The van der Waals surface area contributed by atoms with Crippen LogP contribution >= 0.6 is 22.9 Å². The number of amides is 1. The van der Waals surface area contributed by atoms with Gasteiger partial charge in [-0.05, 0) is 62.4 Å². The maximum Gasteiger partial charge on any atom is 0.348 e. The van der Waals surface area contributed by atoms with Crippen molar-refractivity contribution in [2.24, 2.45) is 0 Å². The molecule has 1 aliphatic rings. The van der Waals surface area contributed by atoms with Gasteiger partial charge in [-0.3, -0.25) is 4.79 Å². The maximum atomic E-state index is 13.1. The Labute approximate surface area is 153 Å². The molecule has 7 heteroatoms. The molecular weight excluding hydrogens is 365 g/mol. The van der Waals surface area contributed by atoms with Gasteiger partial charge in [0.25, 0.3) is 5.91 Å². The molecule has 4 nitrogen and oxygen atoms in total. The minimum Gasteiger partial charge on any atom is -0.458 e. The Hall–Kier alpha value is -1.92. The van der Waals surface area contributed by atoms with Crippen LogP contribution in [0.1, 0.15) is 51.3 Å². The number of anilines is 1. The van der Waals surface area contributed by atoms with Crippen molar-refractivity contribution in [2.75, 3.05) is 5.32 Å². The van der Waals surface area contributed by atoms with Crippen LogP contribution in [0.25, 0.3) is 0 Å². The second kappa shape index (κ2) is 7.54. The van der Waals surface area contributed by atoms with Crippen molar-refractivity contribution >= 4 is 39.8 Å². The Balaban J connectivity index is 1.71. The van der Waals surface area contributed by atoms with E-state index in [1.807, 2.05) is 0 Å². The van der Waals surface area contributed by atoms with Gasteiger partial charge in [0.15, 0.2) is 0 Å². The van der Waals surface area contributed by atoms with Crippen LogP contribution in [0.15, 0.2) is 24.3 Å². The molecule has 1 saturated carbocycles. The maximum absolute atomic E-state index is 13.1. The number of carbonyl (C=O) groups excluding carboxylic acids is 2. The SMILES string of the molecule is Cc1cc(NC(=O)c2ccc(F)cc2Cl)sc1C(=O)OC1CCCC1. The topological polar surface area (TPSA) is 55.4 Å². The van der Waals surface area contributed by atoms with Crippen molar-refractivity contribution < 1.29 is 18.7 Å². The molecule has 0 unspecified atom stereocenters. The molecular formula is C18H17ClFNO3S. The van der Waals surface area contributed by atoms with E-state index >= 15 is 0 Å². The number of nitrogens with one attached hydrogen (secondary N) is 1. The number of benzene rings is 1. The molecule has 0 aliphatic heterocycles. The van der Waals surface area contributed by atoms with E-state index in [-0.39, 0.29) is 22.7 Å². The van der Waals surface area contributed by atoms with Gasteiger partial charge in [-0.25, -0.2) is 9.18 Å². The Morgan fingerprint density at radius 3 is 2.68 bits per heavy atom. The van der Waals surface area contributed by atoms with E-state index in [1.54, 1.807) is 13.0 Å². The molecule has 0 spiro atoms. The van der Waals surface area contributed by atoms with Gasteiger partial charge >= 0.3 is 5.97 Å². The summed E-state index contributed by atoms with van der Waals surface area (Å²) >= 11 is 7.06. The number of carbonyl (C=O) groups is 2. The largest absolute Gasteiger partial charge is 0.458 e. The smallest absolute Gasteiger partial charge is 0.348 e. The van der Waals surface area contributed by atoms with Crippen LogP contribution < -0.4 is 5.32 Å². The van der Waals surface area contributed by atoms with Gasteiger partial charge in [-0.2, -0.15) is 0 Å². The molecule has 3 rings (SSSR count). The first-order valence-corrected chi connectivity index (χ1v) is 9.21. The average molecular weight is 382 g/mol. The molecule has 1 amide bonds. The van der Waals surface area contributed by atoms with Crippen LogP contribution in [-0.2, 0) is 4.74 Å². The summed E-state index contributed by atoms with van der Waals surface area (Å²) in [6.07, 6.45) is 3.97. The Bertz CT molecular complexity index is 815. The molecule has 1 heterocycles. The predicted molar refractivity (Wildman–Crippen MR) is 96.1 cm³/mol. The third kappa shape index (κ3) is 4.19. The van der Waals surface area contributed by atoms with Crippen LogP contribution in [0.5, 0.6) is 0 Å². The zero-order valence-electron chi connectivity index (χ0n) is 13.6. The standard InChI is InChI=1S/C18H17ClFNO3S/c1-10-8-15(21-17(22)13-7-6-11(20)9-14(13)19)25-16(10)18(23)24-12-4-2-3-5-12/h6-9,12H,2-5H2,1H3,(H,21,22). The summed E-state index contributed by atoms with van der Waals surface area (Å²) in [5.74, 6) is -1.32. The number of aryl methyl sites for hydroxylation is 1. The second-order valence-corrected chi connectivity index (χ2v) is 7.47. The van der Waals surface area contributed by atoms with Crippen LogP contribution in [-0.4, -0.2) is 18.0 Å². The molecule has 0 radical (unpaired) electrons. The quantitative estimate of drug-likeness (QED) is 0.740. The molecule has 0 saturated heterocycles. The zero-order chi connectivity index (χ0) is 18.0. The first kappa shape index (κ1) is 17.9. The molecule has 1 aromatic carbocycles. The predicted octanol–water partition coefficient (Wildman–Crippen LogP) is 5.20. The lowest BCUT2D eigenvalue weighted by Crippen LogP contribution is -2.14. The van der Waals surface area contributed by atoms with Gasteiger partial charge in [-0.1, -0.05) is 11.6 Å². The third-order valence-electron chi connectivity index (χ3n) is 4.09. The second-order valence-electron chi connectivity index (χ2n) is 6.01. The van der Waals surface area contributed by atoms with Crippen molar-refractivity contribution in [1.82, 2.24) is 0 Å². The number of thiophene rings is 1. The van der Waals surface area contributed by atoms with Gasteiger partial charge in [0.1, 0.15) is 16.8 Å². The molecule has 2 aromatic rings. The molecule has 0 bridgehead atoms.